The molecule has 0 spiro atoms. The van der Waals surface area contributed by atoms with Gasteiger partial charge in [-0.1, -0.05) is 48.9 Å². The summed E-state index contributed by atoms with van der Waals surface area (Å²) < 4.78 is 5.85. The molecule has 0 aromatic heterocycles. The lowest BCUT2D eigenvalue weighted by molar-refractivity contribution is -0.128. The van der Waals surface area contributed by atoms with Crippen LogP contribution in [-0.4, -0.2) is 18.1 Å². The summed E-state index contributed by atoms with van der Waals surface area (Å²) in [6, 6.07) is 15.8. The van der Waals surface area contributed by atoms with Crippen molar-refractivity contribution in [2.24, 2.45) is 0 Å². The van der Waals surface area contributed by atoms with Gasteiger partial charge in [0, 0.05) is 11.1 Å². The second-order valence-corrected chi connectivity index (χ2v) is 6.77. The van der Waals surface area contributed by atoms with Crippen LogP contribution in [0.4, 0.5) is 0 Å². The molecule has 0 radical (unpaired) electrons. The standard InChI is InChI=1S/C21H26ClNO2/c1-4-20(25-18-12-13-19(22)15(2)14-18)21(24)23-16(3)10-11-17-8-6-5-7-9-17/h5-9,12-14,16,20H,4,10-11H2,1-3H3,(H,23,24)/t16-,20+/m0/s1. The van der Waals surface area contributed by atoms with Crippen LogP contribution >= 0.6 is 11.6 Å². The van der Waals surface area contributed by atoms with Crippen molar-refractivity contribution < 1.29 is 9.53 Å². The number of halogens is 1. The molecule has 0 aliphatic heterocycles. The number of nitrogens with one attached hydrogen (secondary N) is 1. The van der Waals surface area contributed by atoms with Gasteiger partial charge in [-0.3, -0.25) is 4.79 Å². The van der Waals surface area contributed by atoms with Crippen LogP contribution < -0.4 is 10.1 Å². The molecule has 0 unspecified atom stereocenters. The van der Waals surface area contributed by atoms with Crippen LogP contribution in [0.25, 0.3) is 0 Å². The van der Waals surface area contributed by atoms with E-state index in [0.717, 1.165) is 18.4 Å². The van der Waals surface area contributed by atoms with E-state index < -0.39 is 6.10 Å². The van der Waals surface area contributed by atoms with Crippen molar-refractivity contribution >= 4 is 17.5 Å². The molecule has 2 aromatic carbocycles. The molecule has 0 aliphatic carbocycles. The van der Waals surface area contributed by atoms with Crippen LogP contribution in [0.15, 0.2) is 48.5 Å². The second-order valence-electron chi connectivity index (χ2n) is 6.36. The summed E-state index contributed by atoms with van der Waals surface area (Å²) in [7, 11) is 0. The van der Waals surface area contributed by atoms with E-state index in [1.165, 1.54) is 5.56 Å². The van der Waals surface area contributed by atoms with Crippen LogP contribution in [-0.2, 0) is 11.2 Å². The molecule has 0 fully saturated rings. The molecule has 25 heavy (non-hydrogen) atoms. The maximum absolute atomic E-state index is 12.5. The van der Waals surface area contributed by atoms with E-state index >= 15 is 0 Å². The number of hydrogen-bond acceptors (Lipinski definition) is 2. The van der Waals surface area contributed by atoms with Crippen molar-refractivity contribution in [3.05, 3.63) is 64.7 Å². The summed E-state index contributed by atoms with van der Waals surface area (Å²) in [6.07, 6.45) is 1.95. The van der Waals surface area contributed by atoms with Crippen molar-refractivity contribution in [1.82, 2.24) is 5.32 Å². The van der Waals surface area contributed by atoms with E-state index in [4.69, 9.17) is 16.3 Å². The van der Waals surface area contributed by atoms with Gasteiger partial charge in [-0.05, 0) is 62.4 Å². The van der Waals surface area contributed by atoms with E-state index in [9.17, 15) is 4.79 Å². The minimum atomic E-state index is -0.500. The highest BCUT2D eigenvalue weighted by molar-refractivity contribution is 6.31. The fraction of sp³-hybridized carbons (Fsp3) is 0.381. The first kappa shape index (κ1) is 19.3. The summed E-state index contributed by atoms with van der Waals surface area (Å²) in [6.45, 7) is 5.89. The lowest BCUT2D eigenvalue weighted by Gasteiger charge is -2.21. The highest BCUT2D eigenvalue weighted by atomic mass is 35.5. The Morgan fingerprint density at radius 1 is 1.20 bits per heavy atom. The van der Waals surface area contributed by atoms with Crippen LogP contribution in [0.3, 0.4) is 0 Å². The quantitative estimate of drug-likeness (QED) is 0.724. The average Bonchev–Trinajstić information content (AvgIpc) is 2.61. The van der Waals surface area contributed by atoms with Crippen LogP contribution in [0.5, 0.6) is 5.75 Å². The molecule has 0 saturated heterocycles. The molecule has 0 aliphatic rings. The predicted octanol–water partition coefficient (Wildman–Crippen LogP) is 4.94. The lowest BCUT2D eigenvalue weighted by atomic mass is 10.1. The number of carbonyl (C=O) groups is 1. The van der Waals surface area contributed by atoms with Gasteiger partial charge >= 0.3 is 0 Å². The zero-order valence-electron chi connectivity index (χ0n) is 15.1. The molecule has 4 heteroatoms. The van der Waals surface area contributed by atoms with Gasteiger partial charge < -0.3 is 10.1 Å². The third kappa shape index (κ3) is 6.09. The highest BCUT2D eigenvalue weighted by Gasteiger charge is 2.20. The van der Waals surface area contributed by atoms with Crippen LogP contribution in [0.1, 0.15) is 37.8 Å². The van der Waals surface area contributed by atoms with Gasteiger partial charge in [0.2, 0.25) is 0 Å². The maximum atomic E-state index is 12.5. The normalized spacial score (nSPS) is 13.1. The van der Waals surface area contributed by atoms with Gasteiger partial charge in [0.25, 0.3) is 5.91 Å². The average molecular weight is 360 g/mol. The number of carbonyl (C=O) groups excluding carboxylic acids is 1. The van der Waals surface area contributed by atoms with E-state index in [1.54, 1.807) is 12.1 Å². The van der Waals surface area contributed by atoms with Gasteiger partial charge in [-0.25, -0.2) is 0 Å². The first-order valence-corrected chi connectivity index (χ1v) is 9.14. The van der Waals surface area contributed by atoms with Crippen molar-refractivity contribution in [3.8, 4) is 5.75 Å². The van der Waals surface area contributed by atoms with Gasteiger partial charge in [-0.2, -0.15) is 0 Å². The Labute approximate surface area is 155 Å². The van der Waals surface area contributed by atoms with Crippen LogP contribution in [0, 0.1) is 6.92 Å². The molecule has 1 amide bonds. The maximum Gasteiger partial charge on any atom is 0.261 e. The Morgan fingerprint density at radius 2 is 1.92 bits per heavy atom. The molecule has 0 heterocycles. The van der Waals surface area contributed by atoms with E-state index in [-0.39, 0.29) is 11.9 Å². The molecule has 0 bridgehead atoms. The predicted molar refractivity (Wildman–Crippen MR) is 103 cm³/mol. The third-order valence-corrected chi connectivity index (χ3v) is 4.59. The number of hydrogen-bond donors (Lipinski definition) is 1. The van der Waals surface area contributed by atoms with Crippen LogP contribution in [0.2, 0.25) is 5.02 Å². The monoisotopic (exact) mass is 359 g/mol. The Morgan fingerprint density at radius 3 is 2.56 bits per heavy atom. The molecule has 2 aromatic rings. The zero-order valence-corrected chi connectivity index (χ0v) is 15.8. The first-order valence-electron chi connectivity index (χ1n) is 8.76. The summed E-state index contributed by atoms with van der Waals surface area (Å²) in [5.74, 6) is 0.594. The van der Waals surface area contributed by atoms with E-state index in [0.29, 0.717) is 17.2 Å². The fourth-order valence-corrected chi connectivity index (χ4v) is 2.73. The van der Waals surface area contributed by atoms with E-state index in [1.807, 2.05) is 45.0 Å². The zero-order chi connectivity index (χ0) is 18.2. The molecule has 2 atom stereocenters. The Bertz CT molecular complexity index is 688. The van der Waals surface area contributed by atoms with Crippen molar-refractivity contribution in [1.29, 1.82) is 0 Å². The van der Waals surface area contributed by atoms with Crippen molar-refractivity contribution in [2.45, 2.75) is 52.2 Å². The highest BCUT2D eigenvalue weighted by Crippen LogP contribution is 2.22. The Hall–Kier alpha value is -2.00. The summed E-state index contributed by atoms with van der Waals surface area (Å²) in [5.41, 5.74) is 2.22. The molecule has 3 nitrogen and oxygen atoms in total. The topological polar surface area (TPSA) is 38.3 Å². The number of aryl methyl sites for hydroxylation is 2. The molecular formula is C21H26ClNO2. The summed E-state index contributed by atoms with van der Waals surface area (Å²) >= 11 is 6.03. The minimum absolute atomic E-state index is 0.0735. The third-order valence-electron chi connectivity index (χ3n) is 4.17. The van der Waals surface area contributed by atoms with E-state index in [2.05, 4.69) is 17.4 Å². The Balaban J connectivity index is 1.87. The lowest BCUT2D eigenvalue weighted by Crippen LogP contribution is -2.42. The number of benzene rings is 2. The number of amides is 1. The smallest absolute Gasteiger partial charge is 0.261 e. The molecule has 1 N–H and O–H groups in total. The number of ether oxygens (including phenoxy) is 1. The molecule has 2 rings (SSSR count). The van der Waals surface area contributed by atoms with Gasteiger partial charge in [-0.15, -0.1) is 0 Å². The van der Waals surface area contributed by atoms with Crippen molar-refractivity contribution in [3.63, 3.8) is 0 Å². The fourth-order valence-electron chi connectivity index (χ4n) is 2.61. The van der Waals surface area contributed by atoms with Gasteiger partial charge in [0.1, 0.15) is 5.75 Å². The van der Waals surface area contributed by atoms with Gasteiger partial charge in [0.15, 0.2) is 6.10 Å². The SMILES string of the molecule is CC[C@@H](Oc1ccc(Cl)c(C)c1)C(=O)N[C@@H](C)CCc1ccccc1. The largest absolute Gasteiger partial charge is 0.481 e. The number of rotatable bonds is 8. The molecule has 0 saturated carbocycles. The summed E-state index contributed by atoms with van der Waals surface area (Å²) in [5, 5.41) is 3.75. The molecule has 134 valence electrons. The van der Waals surface area contributed by atoms with Crippen molar-refractivity contribution in [2.75, 3.05) is 0 Å². The first-order chi connectivity index (χ1) is 12.0. The Kier molecular flexibility index (Phi) is 7.32. The molecular weight excluding hydrogens is 334 g/mol. The second kappa shape index (κ2) is 9.47. The summed E-state index contributed by atoms with van der Waals surface area (Å²) in [4.78, 5) is 12.5. The van der Waals surface area contributed by atoms with Gasteiger partial charge in [0.05, 0.1) is 0 Å². The minimum Gasteiger partial charge on any atom is -0.481 e.